The molecule has 1 atom stereocenters. The second-order valence-corrected chi connectivity index (χ2v) is 9.21. The number of esters is 1. The molecule has 1 heterocycles. The molecule has 8 heteroatoms. The predicted octanol–water partition coefficient (Wildman–Crippen LogP) is 3.27. The molecule has 0 aliphatic rings. The highest BCUT2D eigenvalue weighted by atomic mass is 32.2. The van der Waals surface area contributed by atoms with E-state index in [1.54, 1.807) is 11.3 Å². The van der Waals surface area contributed by atoms with Crippen LogP contribution >= 0.6 is 11.3 Å². The van der Waals surface area contributed by atoms with Crippen LogP contribution in [0, 0.1) is 0 Å². The van der Waals surface area contributed by atoms with Gasteiger partial charge in [0.05, 0.1) is 17.6 Å². The molecule has 0 saturated carbocycles. The Hall–Kier alpha value is -2.26. The maximum Gasteiger partial charge on any atom is 0.337 e. The van der Waals surface area contributed by atoms with E-state index in [0.29, 0.717) is 5.56 Å². The fraction of sp³-hybridized carbons (Fsp3) is 0.250. The van der Waals surface area contributed by atoms with E-state index in [0.717, 1.165) is 10.9 Å². The predicted molar refractivity (Wildman–Crippen MR) is 111 cm³/mol. The molecule has 148 valence electrons. The molecule has 0 aliphatic carbocycles. The van der Waals surface area contributed by atoms with Crippen molar-refractivity contribution < 1.29 is 17.9 Å². The van der Waals surface area contributed by atoms with Crippen molar-refractivity contribution in [2.24, 2.45) is 0 Å². The second-order valence-electron chi connectivity index (χ2n) is 6.53. The Bertz CT molecular complexity index is 1070. The maximum atomic E-state index is 12.7. The zero-order valence-electron chi connectivity index (χ0n) is 15.9. The van der Waals surface area contributed by atoms with E-state index in [1.807, 2.05) is 31.1 Å². The number of carbonyl (C=O) groups is 1. The average molecular weight is 419 g/mol. The smallest absolute Gasteiger partial charge is 0.337 e. The number of hydrogen-bond acceptors (Lipinski definition) is 6. The van der Waals surface area contributed by atoms with Crippen molar-refractivity contribution >= 4 is 37.4 Å². The summed E-state index contributed by atoms with van der Waals surface area (Å²) in [5, 5.41) is 3.21. The molecule has 0 bridgehead atoms. The summed E-state index contributed by atoms with van der Waals surface area (Å²) in [6.07, 6.45) is 0. The molecule has 0 unspecified atom stereocenters. The number of methoxy groups -OCH3 is 1. The van der Waals surface area contributed by atoms with Gasteiger partial charge in [0.25, 0.3) is 0 Å². The van der Waals surface area contributed by atoms with Gasteiger partial charge in [0, 0.05) is 17.3 Å². The van der Waals surface area contributed by atoms with Crippen molar-refractivity contribution in [2.75, 3.05) is 27.7 Å². The Morgan fingerprint density at radius 2 is 1.82 bits per heavy atom. The molecule has 3 rings (SSSR count). The zero-order valence-corrected chi connectivity index (χ0v) is 17.5. The van der Waals surface area contributed by atoms with Gasteiger partial charge in [-0.05, 0) is 60.8 Å². The molecular weight excluding hydrogens is 396 g/mol. The number of ether oxygens (including phenoxy) is 1. The Morgan fingerprint density at radius 1 is 1.14 bits per heavy atom. The minimum absolute atomic E-state index is 0.104. The van der Waals surface area contributed by atoms with Gasteiger partial charge < -0.3 is 9.64 Å². The van der Waals surface area contributed by atoms with Gasteiger partial charge in [-0.2, -0.15) is 0 Å². The summed E-state index contributed by atoms with van der Waals surface area (Å²) in [7, 11) is 1.43. The van der Waals surface area contributed by atoms with Crippen LogP contribution in [-0.4, -0.2) is 47.0 Å². The molecule has 1 aromatic heterocycles. The van der Waals surface area contributed by atoms with E-state index in [2.05, 4.69) is 27.0 Å². The molecule has 28 heavy (non-hydrogen) atoms. The molecule has 2 aromatic carbocycles. The molecule has 1 N–H and O–H groups in total. The van der Waals surface area contributed by atoms with Gasteiger partial charge in [-0.3, -0.25) is 0 Å². The van der Waals surface area contributed by atoms with Crippen molar-refractivity contribution in [3.8, 4) is 0 Å². The van der Waals surface area contributed by atoms with Crippen LogP contribution in [0.2, 0.25) is 0 Å². The minimum atomic E-state index is -3.71. The lowest BCUT2D eigenvalue weighted by Crippen LogP contribution is -2.34. The first-order chi connectivity index (χ1) is 13.3. The van der Waals surface area contributed by atoms with E-state index in [1.165, 1.54) is 36.1 Å². The molecule has 0 aliphatic heterocycles. The summed E-state index contributed by atoms with van der Waals surface area (Å²) in [6.45, 7) is 0.231. The summed E-state index contributed by atoms with van der Waals surface area (Å²) in [5.41, 5.74) is 1.40. The second kappa shape index (κ2) is 8.40. The van der Waals surface area contributed by atoms with Gasteiger partial charge in [0.1, 0.15) is 0 Å². The van der Waals surface area contributed by atoms with Crippen LogP contribution in [-0.2, 0) is 14.8 Å². The van der Waals surface area contributed by atoms with Crippen molar-refractivity contribution in [3.05, 3.63) is 65.0 Å². The van der Waals surface area contributed by atoms with Gasteiger partial charge in [0.15, 0.2) is 0 Å². The molecule has 6 nitrogen and oxygen atoms in total. The number of rotatable bonds is 7. The van der Waals surface area contributed by atoms with Crippen LogP contribution in [0.5, 0.6) is 0 Å². The average Bonchev–Trinajstić information content (AvgIpc) is 3.11. The van der Waals surface area contributed by atoms with Gasteiger partial charge in [-0.25, -0.2) is 17.9 Å². The normalized spacial score (nSPS) is 13.0. The number of likely N-dealkylation sites (N-methyl/N-ethyl adjacent to an activating group) is 1. The van der Waals surface area contributed by atoms with E-state index >= 15 is 0 Å². The lowest BCUT2D eigenvalue weighted by molar-refractivity contribution is 0.0600. The monoisotopic (exact) mass is 418 g/mol. The van der Waals surface area contributed by atoms with E-state index in [-0.39, 0.29) is 17.5 Å². The number of thiophene rings is 1. The van der Waals surface area contributed by atoms with Crippen LogP contribution in [0.25, 0.3) is 10.1 Å². The number of carbonyl (C=O) groups excluding carboxylic acids is 1. The number of benzene rings is 2. The molecule has 0 amide bonds. The van der Waals surface area contributed by atoms with Gasteiger partial charge in [-0.1, -0.05) is 18.2 Å². The fourth-order valence-corrected chi connectivity index (χ4v) is 5.03. The molecule has 0 fully saturated rings. The van der Waals surface area contributed by atoms with Crippen molar-refractivity contribution in [2.45, 2.75) is 10.9 Å². The topological polar surface area (TPSA) is 75.7 Å². The van der Waals surface area contributed by atoms with Crippen molar-refractivity contribution in [1.29, 1.82) is 0 Å². The van der Waals surface area contributed by atoms with Crippen molar-refractivity contribution in [1.82, 2.24) is 9.62 Å². The third-order valence-corrected chi connectivity index (χ3v) is 6.97. The van der Waals surface area contributed by atoms with E-state index in [4.69, 9.17) is 0 Å². The van der Waals surface area contributed by atoms with E-state index < -0.39 is 16.0 Å². The number of nitrogens with one attached hydrogen (secondary N) is 1. The summed E-state index contributed by atoms with van der Waals surface area (Å²) >= 11 is 1.65. The Balaban J connectivity index is 1.80. The fourth-order valence-electron chi connectivity index (χ4n) is 2.99. The quantitative estimate of drug-likeness (QED) is 0.596. The molecule has 0 radical (unpaired) electrons. The highest BCUT2D eigenvalue weighted by Crippen LogP contribution is 2.32. The van der Waals surface area contributed by atoms with Crippen LogP contribution in [0.4, 0.5) is 0 Å². The number of fused-ring (bicyclic) bond motifs is 1. The standard InChI is InChI=1S/C20H22N2O4S2/c1-22(2)18(17-13-27-19-7-5-4-6-16(17)19)12-21-28(24,25)15-10-8-14(9-11-15)20(23)26-3/h4-11,13,18,21H,12H2,1-3H3/t18-/m0/s1. The third-order valence-electron chi connectivity index (χ3n) is 4.55. The first kappa shape index (κ1) is 20.5. The Labute approximate surface area is 168 Å². The van der Waals surface area contributed by atoms with Crippen LogP contribution in [0.1, 0.15) is 22.0 Å². The number of nitrogens with zero attached hydrogens (tertiary/aromatic N) is 1. The summed E-state index contributed by atoms with van der Waals surface area (Å²) in [4.78, 5) is 13.6. The SMILES string of the molecule is COC(=O)c1ccc(S(=O)(=O)NC[C@@H](c2csc3ccccc23)N(C)C)cc1. The summed E-state index contributed by atoms with van der Waals surface area (Å²) in [6, 6.07) is 13.7. The Kier molecular flexibility index (Phi) is 6.14. The lowest BCUT2D eigenvalue weighted by atomic mass is 10.1. The minimum Gasteiger partial charge on any atom is -0.465 e. The van der Waals surface area contributed by atoms with Gasteiger partial charge in [-0.15, -0.1) is 11.3 Å². The van der Waals surface area contributed by atoms with Crippen molar-refractivity contribution in [3.63, 3.8) is 0 Å². The first-order valence-electron chi connectivity index (χ1n) is 8.64. The highest BCUT2D eigenvalue weighted by molar-refractivity contribution is 7.89. The summed E-state index contributed by atoms with van der Waals surface area (Å²) in [5.74, 6) is -0.506. The number of sulfonamides is 1. The first-order valence-corrected chi connectivity index (χ1v) is 11.0. The molecule has 0 saturated heterocycles. The lowest BCUT2D eigenvalue weighted by Gasteiger charge is -2.24. The number of hydrogen-bond donors (Lipinski definition) is 1. The highest BCUT2D eigenvalue weighted by Gasteiger charge is 2.22. The largest absolute Gasteiger partial charge is 0.465 e. The van der Waals surface area contributed by atoms with Crippen LogP contribution in [0.15, 0.2) is 58.8 Å². The molecule has 0 spiro atoms. The maximum absolute atomic E-state index is 12.7. The van der Waals surface area contributed by atoms with Crippen LogP contribution in [0.3, 0.4) is 0 Å². The zero-order chi connectivity index (χ0) is 20.3. The molecular formula is C20H22N2O4S2. The molecule has 3 aromatic rings. The van der Waals surface area contributed by atoms with Crippen LogP contribution < -0.4 is 4.72 Å². The Morgan fingerprint density at radius 3 is 2.46 bits per heavy atom. The summed E-state index contributed by atoms with van der Waals surface area (Å²) < 4.78 is 33.9. The van der Waals surface area contributed by atoms with Gasteiger partial charge in [0.2, 0.25) is 10.0 Å². The third kappa shape index (κ3) is 4.25. The van der Waals surface area contributed by atoms with Gasteiger partial charge >= 0.3 is 5.97 Å². The van der Waals surface area contributed by atoms with E-state index in [9.17, 15) is 13.2 Å².